The van der Waals surface area contributed by atoms with E-state index in [1.807, 2.05) is 6.07 Å². The zero-order valence-corrected chi connectivity index (χ0v) is 17.0. The van der Waals surface area contributed by atoms with E-state index < -0.39 is 15.9 Å². The van der Waals surface area contributed by atoms with E-state index in [2.05, 4.69) is 39.4 Å². The van der Waals surface area contributed by atoms with Crippen molar-refractivity contribution in [3.63, 3.8) is 0 Å². The third kappa shape index (κ3) is 8.83. The lowest BCUT2D eigenvalue weighted by molar-refractivity contribution is -0.122. The van der Waals surface area contributed by atoms with Crippen molar-refractivity contribution < 1.29 is 13.2 Å². The fraction of sp³-hybridized carbons (Fsp3) is 0.632. The molecule has 0 bridgehead atoms. The fourth-order valence-corrected chi connectivity index (χ4v) is 3.81. The maximum absolute atomic E-state index is 11.9. The zero-order valence-electron chi connectivity index (χ0n) is 16.1. The molecule has 1 fully saturated rings. The van der Waals surface area contributed by atoms with E-state index in [-0.39, 0.29) is 18.1 Å². The number of rotatable bonds is 10. The molecule has 0 spiro atoms. The Hall–Kier alpha value is -1.48. The molecule has 3 N–H and O–H groups in total. The van der Waals surface area contributed by atoms with E-state index >= 15 is 0 Å². The van der Waals surface area contributed by atoms with E-state index in [0.29, 0.717) is 6.54 Å². The Kier molecular flexibility index (Phi) is 8.69. The van der Waals surface area contributed by atoms with Gasteiger partial charge in [-0.2, -0.15) is 0 Å². The molecule has 1 aromatic rings. The number of amides is 1. The van der Waals surface area contributed by atoms with E-state index in [1.165, 1.54) is 5.56 Å². The molecular weight excluding hydrogens is 364 g/mol. The predicted octanol–water partition coefficient (Wildman–Crippen LogP) is 0.0725. The number of nitrogens with zero attached hydrogens (tertiary/aromatic N) is 2. The maximum Gasteiger partial charge on any atom is 0.236 e. The minimum absolute atomic E-state index is 0.0607. The van der Waals surface area contributed by atoms with Gasteiger partial charge in [-0.05, 0) is 24.9 Å². The quantitative estimate of drug-likeness (QED) is 0.544. The number of nitrogens with two attached hydrogens (primary N) is 1. The fourth-order valence-electron chi connectivity index (χ4n) is 3.13. The Balaban J connectivity index is 1.56. The van der Waals surface area contributed by atoms with E-state index in [4.69, 9.17) is 5.73 Å². The van der Waals surface area contributed by atoms with E-state index in [9.17, 15) is 13.2 Å². The molecule has 0 saturated carbocycles. The van der Waals surface area contributed by atoms with Gasteiger partial charge in [-0.15, -0.1) is 0 Å². The summed E-state index contributed by atoms with van der Waals surface area (Å²) in [6, 6.07) is 9.76. The van der Waals surface area contributed by atoms with Crippen LogP contribution in [0.4, 0.5) is 0 Å². The van der Waals surface area contributed by atoms with Gasteiger partial charge in [0.25, 0.3) is 0 Å². The van der Waals surface area contributed by atoms with Gasteiger partial charge in [-0.25, -0.2) is 8.42 Å². The number of piperazine rings is 1. The highest BCUT2D eigenvalue weighted by Gasteiger charge is 2.18. The molecule has 0 radical (unpaired) electrons. The highest BCUT2D eigenvalue weighted by Crippen LogP contribution is 2.08. The Morgan fingerprint density at radius 3 is 2.41 bits per heavy atom. The molecule has 1 unspecified atom stereocenters. The molecule has 1 aliphatic heterocycles. The lowest BCUT2D eigenvalue weighted by Gasteiger charge is -2.34. The summed E-state index contributed by atoms with van der Waals surface area (Å²) in [4.78, 5) is 16.8. The molecule has 0 aromatic heterocycles. The van der Waals surface area contributed by atoms with Gasteiger partial charge in [0.2, 0.25) is 5.91 Å². The van der Waals surface area contributed by atoms with Gasteiger partial charge >= 0.3 is 0 Å². The van der Waals surface area contributed by atoms with Crippen LogP contribution in [0.15, 0.2) is 30.3 Å². The maximum atomic E-state index is 11.9. The Bertz CT molecular complexity index is 673. The molecular formula is C19H32N4O3S. The topological polar surface area (TPSA) is 95.7 Å². The van der Waals surface area contributed by atoms with Gasteiger partial charge in [-0.1, -0.05) is 30.3 Å². The molecule has 1 saturated heterocycles. The molecule has 1 heterocycles. The van der Waals surface area contributed by atoms with Gasteiger partial charge in [0, 0.05) is 45.5 Å². The Morgan fingerprint density at radius 2 is 1.78 bits per heavy atom. The normalized spacial score (nSPS) is 17.6. The van der Waals surface area contributed by atoms with Gasteiger partial charge in [0.1, 0.15) is 9.84 Å². The number of hydrogen-bond acceptors (Lipinski definition) is 6. The van der Waals surface area contributed by atoms with Crippen molar-refractivity contribution in [1.82, 2.24) is 15.1 Å². The second-order valence-electron chi connectivity index (χ2n) is 7.27. The van der Waals surface area contributed by atoms with Crippen LogP contribution in [0, 0.1) is 0 Å². The van der Waals surface area contributed by atoms with Crippen molar-refractivity contribution in [2.24, 2.45) is 5.73 Å². The summed E-state index contributed by atoms with van der Waals surface area (Å²) in [5.74, 6) is -0.333. The first-order valence-corrected chi connectivity index (χ1v) is 11.6. The van der Waals surface area contributed by atoms with Gasteiger partial charge in [-0.3, -0.25) is 9.69 Å². The molecule has 2 rings (SSSR count). The number of benzene rings is 1. The third-order valence-electron chi connectivity index (χ3n) is 4.80. The van der Waals surface area contributed by atoms with Crippen LogP contribution in [-0.2, 0) is 21.2 Å². The highest BCUT2D eigenvalue weighted by atomic mass is 32.2. The lowest BCUT2D eigenvalue weighted by Crippen LogP contribution is -2.47. The largest absolute Gasteiger partial charge is 0.355 e. The van der Waals surface area contributed by atoms with E-state index in [1.54, 1.807) is 0 Å². The van der Waals surface area contributed by atoms with Crippen molar-refractivity contribution in [3.8, 4) is 0 Å². The monoisotopic (exact) mass is 396 g/mol. The van der Waals surface area contributed by atoms with Crippen molar-refractivity contribution in [3.05, 3.63) is 35.9 Å². The smallest absolute Gasteiger partial charge is 0.236 e. The molecule has 7 nitrogen and oxygen atoms in total. The van der Waals surface area contributed by atoms with Crippen molar-refractivity contribution in [1.29, 1.82) is 0 Å². The van der Waals surface area contributed by atoms with Crippen LogP contribution < -0.4 is 11.1 Å². The van der Waals surface area contributed by atoms with Crippen molar-refractivity contribution in [2.75, 3.05) is 51.3 Å². The highest BCUT2D eigenvalue weighted by molar-refractivity contribution is 7.90. The summed E-state index contributed by atoms with van der Waals surface area (Å²) in [6.45, 7) is 6.68. The molecule has 8 heteroatoms. The molecule has 27 heavy (non-hydrogen) atoms. The first-order valence-electron chi connectivity index (χ1n) is 9.53. The van der Waals surface area contributed by atoms with Gasteiger partial charge in [0.15, 0.2) is 0 Å². The number of carbonyl (C=O) groups is 1. The summed E-state index contributed by atoms with van der Waals surface area (Å²) < 4.78 is 22.2. The Labute approximate surface area is 162 Å². The van der Waals surface area contributed by atoms with Crippen LogP contribution in [0.5, 0.6) is 0 Å². The SMILES string of the molecule is CS(=O)(=O)CCC(N)C(=O)NCCCN1CCN(Cc2ccccc2)CC1. The standard InChI is InChI=1S/C19H32N4O3S/c1-27(25,26)15-8-18(20)19(24)21-9-5-10-22-11-13-23(14-12-22)16-17-6-3-2-4-7-17/h2-4,6-7,18H,5,8-16,20H2,1H3,(H,21,24). The summed E-state index contributed by atoms with van der Waals surface area (Å²) in [5.41, 5.74) is 7.08. The molecule has 1 amide bonds. The van der Waals surface area contributed by atoms with Crippen LogP contribution in [0.2, 0.25) is 0 Å². The average molecular weight is 397 g/mol. The van der Waals surface area contributed by atoms with Crippen LogP contribution >= 0.6 is 0 Å². The van der Waals surface area contributed by atoms with Gasteiger partial charge < -0.3 is 16.0 Å². The van der Waals surface area contributed by atoms with Crippen LogP contribution in [0.1, 0.15) is 18.4 Å². The Morgan fingerprint density at radius 1 is 1.15 bits per heavy atom. The summed E-state index contributed by atoms with van der Waals surface area (Å²) in [5, 5.41) is 2.80. The van der Waals surface area contributed by atoms with Crippen LogP contribution in [0.3, 0.4) is 0 Å². The van der Waals surface area contributed by atoms with Crippen molar-refractivity contribution in [2.45, 2.75) is 25.4 Å². The molecule has 1 aliphatic rings. The minimum atomic E-state index is -3.09. The second-order valence-corrected chi connectivity index (χ2v) is 9.53. The van der Waals surface area contributed by atoms with Crippen molar-refractivity contribution >= 4 is 15.7 Å². The molecule has 0 aliphatic carbocycles. The molecule has 152 valence electrons. The molecule has 1 atom stereocenters. The van der Waals surface area contributed by atoms with Gasteiger partial charge in [0.05, 0.1) is 11.8 Å². The number of nitrogens with one attached hydrogen (secondary N) is 1. The van der Waals surface area contributed by atoms with E-state index in [0.717, 1.165) is 51.9 Å². The number of hydrogen-bond donors (Lipinski definition) is 2. The summed E-state index contributed by atoms with van der Waals surface area (Å²) >= 11 is 0. The first kappa shape index (κ1) is 21.8. The minimum Gasteiger partial charge on any atom is -0.355 e. The third-order valence-corrected chi connectivity index (χ3v) is 5.78. The molecule has 1 aromatic carbocycles. The average Bonchev–Trinajstić information content (AvgIpc) is 2.64. The second kappa shape index (κ2) is 10.8. The number of sulfone groups is 1. The summed E-state index contributed by atoms with van der Waals surface area (Å²) in [7, 11) is -3.09. The number of carbonyl (C=O) groups excluding carboxylic acids is 1. The van der Waals surface area contributed by atoms with Crippen LogP contribution in [0.25, 0.3) is 0 Å². The predicted molar refractivity (Wildman–Crippen MR) is 108 cm³/mol. The zero-order chi connectivity index (χ0) is 19.7. The van der Waals surface area contributed by atoms with Crippen LogP contribution in [-0.4, -0.2) is 81.4 Å². The summed E-state index contributed by atoms with van der Waals surface area (Å²) in [6.07, 6.45) is 2.18. The lowest BCUT2D eigenvalue weighted by atomic mass is 10.2. The first-order chi connectivity index (χ1) is 12.8.